The first-order chi connectivity index (χ1) is 16.5. The van der Waals surface area contributed by atoms with Crippen LogP contribution in [0.4, 0.5) is 5.69 Å². The third kappa shape index (κ3) is 5.23. The normalized spacial score (nSPS) is 20.9. The predicted octanol–water partition coefficient (Wildman–Crippen LogP) is 2.12. The molecule has 1 fully saturated rings. The average Bonchev–Trinajstić information content (AvgIpc) is 2.85. The van der Waals surface area contributed by atoms with Gasteiger partial charge in [0.05, 0.1) is 11.5 Å². The summed E-state index contributed by atoms with van der Waals surface area (Å²) in [6, 6.07) is 15.2. The number of benzene rings is 2. The summed E-state index contributed by atoms with van der Waals surface area (Å²) in [6.07, 6.45) is 0. The Morgan fingerprint density at radius 3 is 2.41 bits per heavy atom. The van der Waals surface area contributed by atoms with Gasteiger partial charge >= 0.3 is 5.97 Å². The molecule has 0 saturated carbocycles. The summed E-state index contributed by atoms with van der Waals surface area (Å²) in [4.78, 5) is 45.2. The van der Waals surface area contributed by atoms with Gasteiger partial charge in [0.25, 0.3) is 5.69 Å². The van der Waals surface area contributed by atoms with Crippen molar-refractivity contribution in [1.29, 1.82) is 0 Å². The molecule has 0 radical (unpaired) electrons. The molecule has 10 heteroatoms. The first-order valence-electron chi connectivity index (χ1n) is 11.3. The Morgan fingerprint density at radius 1 is 1.12 bits per heavy atom. The molecule has 2 aromatic rings. The van der Waals surface area contributed by atoms with Gasteiger partial charge in [0.2, 0.25) is 11.9 Å². The van der Waals surface area contributed by atoms with Crippen molar-refractivity contribution in [2.24, 2.45) is 10.9 Å². The van der Waals surface area contributed by atoms with E-state index in [0.717, 1.165) is 19.6 Å². The van der Waals surface area contributed by atoms with Crippen molar-refractivity contribution < 1.29 is 19.2 Å². The summed E-state index contributed by atoms with van der Waals surface area (Å²) in [5, 5.41) is 13.8. The third-order valence-corrected chi connectivity index (χ3v) is 6.00. The lowest BCUT2D eigenvalue weighted by molar-refractivity contribution is -0.384. The van der Waals surface area contributed by atoms with Crippen LogP contribution in [-0.2, 0) is 20.9 Å². The molecule has 4 rings (SSSR count). The van der Waals surface area contributed by atoms with Crippen LogP contribution in [0.15, 0.2) is 59.6 Å². The van der Waals surface area contributed by atoms with Crippen LogP contribution in [-0.4, -0.2) is 65.3 Å². The highest BCUT2D eigenvalue weighted by Gasteiger charge is 2.42. The zero-order valence-electron chi connectivity index (χ0n) is 18.9. The van der Waals surface area contributed by atoms with Gasteiger partial charge in [-0.25, -0.2) is 4.99 Å². The number of piperazine rings is 1. The Kier molecular flexibility index (Phi) is 7.17. The second kappa shape index (κ2) is 10.4. The molecule has 0 spiro atoms. The predicted molar refractivity (Wildman–Crippen MR) is 125 cm³/mol. The highest BCUT2D eigenvalue weighted by atomic mass is 16.6. The maximum Gasteiger partial charge on any atom is 0.321 e. The highest BCUT2D eigenvalue weighted by molar-refractivity contribution is 6.08. The van der Waals surface area contributed by atoms with E-state index in [0.29, 0.717) is 24.6 Å². The van der Waals surface area contributed by atoms with Gasteiger partial charge in [-0.15, -0.1) is 0 Å². The Morgan fingerprint density at radius 2 is 1.79 bits per heavy atom. The van der Waals surface area contributed by atoms with Gasteiger partial charge in [0.15, 0.2) is 5.92 Å². The zero-order valence-corrected chi connectivity index (χ0v) is 18.9. The Hall–Kier alpha value is -3.79. The van der Waals surface area contributed by atoms with Crippen molar-refractivity contribution in [3.05, 3.63) is 75.8 Å². The number of carbonyl (C=O) groups is 2. The summed E-state index contributed by atoms with van der Waals surface area (Å²) in [5.74, 6) is -1.91. The van der Waals surface area contributed by atoms with Gasteiger partial charge in [-0.2, -0.15) is 0 Å². The molecule has 34 heavy (non-hydrogen) atoms. The lowest BCUT2D eigenvalue weighted by Gasteiger charge is -2.39. The standard InChI is InChI=1S/C24H27N5O5/c1-2-34-23(31)20-21(18-8-10-19(11-9-18)29(32)33)25-24(26-22(20)30)28-14-12-27(13-15-28)16-17-6-4-3-5-7-17/h3-11,20-21H,2,12-16H2,1H3,(H,25,26,30)/t20-,21-/m0/s1. The van der Waals surface area contributed by atoms with Crippen LogP contribution in [0.2, 0.25) is 0 Å². The van der Waals surface area contributed by atoms with E-state index in [1.165, 1.54) is 29.8 Å². The lowest BCUT2D eigenvalue weighted by Crippen LogP contribution is -2.57. The van der Waals surface area contributed by atoms with Crippen LogP contribution < -0.4 is 5.32 Å². The number of hydrogen-bond donors (Lipinski definition) is 1. The number of hydrogen-bond acceptors (Lipinski definition) is 8. The molecule has 0 unspecified atom stereocenters. The van der Waals surface area contributed by atoms with E-state index in [1.807, 2.05) is 23.1 Å². The van der Waals surface area contributed by atoms with Crippen molar-refractivity contribution in [2.45, 2.75) is 19.5 Å². The molecule has 0 aliphatic carbocycles. The van der Waals surface area contributed by atoms with Gasteiger partial charge in [-0.3, -0.25) is 29.9 Å². The Bertz CT molecular complexity index is 1060. The molecule has 2 aliphatic heterocycles. The van der Waals surface area contributed by atoms with Crippen LogP contribution in [0.25, 0.3) is 0 Å². The van der Waals surface area contributed by atoms with Crippen LogP contribution in [0.5, 0.6) is 0 Å². The number of rotatable bonds is 6. The van der Waals surface area contributed by atoms with Gasteiger partial charge in [-0.1, -0.05) is 42.5 Å². The van der Waals surface area contributed by atoms with Gasteiger partial charge < -0.3 is 9.64 Å². The monoisotopic (exact) mass is 465 g/mol. The van der Waals surface area contributed by atoms with E-state index in [9.17, 15) is 19.7 Å². The molecular weight excluding hydrogens is 438 g/mol. The van der Waals surface area contributed by atoms with Crippen molar-refractivity contribution in [3.63, 3.8) is 0 Å². The molecule has 178 valence electrons. The average molecular weight is 466 g/mol. The number of nitro groups is 1. The first-order valence-corrected chi connectivity index (χ1v) is 11.3. The van der Waals surface area contributed by atoms with E-state index in [-0.39, 0.29) is 12.3 Å². The first kappa shape index (κ1) is 23.4. The number of nitro benzene ring substituents is 1. The number of nitrogens with zero attached hydrogens (tertiary/aromatic N) is 4. The van der Waals surface area contributed by atoms with Gasteiger partial charge in [0.1, 0.15) is 6.04 Å². The molecule has 1 amide bonds. The number of amides is 1. The highest BCUT2D eigenvalue weighted by Crippen LogP contribution is 2.32. The minimum Gasteiger partial charge on any atom is -0.465 e. The molecule has 1 saturated heterocycles. The molecule has 2 atom stereocenters. The molecular formula is C24H27N5O5. The van der Waals surface area contributed by atoms with Crippen LogP contribution in [0, 0.1) is 16.0 Å². The number of ether oxygens (including phenoxy) is 1. The summed E-state index contributed by atoms with van der Waals surface area (Å²) >= 11 is 0. The minimum atomic E-state index is -1.16. The summed E-state index contributed by atoms with van der Waals surface area (Å²) in [7, 11) is 0. The van der Waals surface area contributed by atoms with E-state index in [2.05, 4.69) is 22.3 Å². The van der Waals surface area contributed by atoms with E-state index in [1.54, 1.807) is 6.92 Å². The van der Waals surface area contributed by atoms with Crippen LogP contribution in [0.3, 0.4) is 0 Å². The smallest absolute Gasteiger partial charge is 0.321 e. The molecule has 10 nitrogen and oxygen atoms in total. The molecule has 0 bridgehead atoms. The fourth-order valence-electron chi connectivity index (χ4n) is 4.22. The van der Waals surface area contributed by atoms with Gasteiger partial charge in [0, 0.05) is 44.9 Å². The molecule has 2 heterocycles. The maximum absolute atomic E-state index is 13.0. The molecule has 0 aromatic heterocycles. The number of aliphatic imine (C=N–C) groups is 1. The van der Waals surface area contributed by atoms with Crippen molar-refractivity contribution in [2.75, 3.05) is 32.8 Å². The number of esters is 1. The van der Waals surface area contributed by atoms with E-state index < -0.39 is 28.8 Å². The van der Waals surface area contributed by atoms with Crippen LogP contribution >= 0.6 is 0 Å². The minimum absolute atomic E-state index is 0.0737. The van der Waals surface area contributed by atoms with Crippen molar-refractivity contribution in [1.82, 2.24) is 15.1 Å². The largest absolute Gasteiger partial charge is 0.465 e. The van der Waals surface area contributed by atoms with Crippen LogP contribution in [0.1, 0.15) is 24.1 Å². The maximum atomic E-state index is 13.0. The lowest BCUT2D eigenvalue weighted by atomic mass is 9.91. The Labute approximate surface area is 197 Å². The number of non-ortho nitro benzene ring substituents is 1. The molecule has 1 N–H and O–H groups in total. The number of guanidine groups is 1. The second-order valence-electron chi connectivity index (χ2n) is 8.21. The van der Waals surface area contributed by atoms with Gasteiger partial charge in [-0.05, 0) is 18.1 Å². The quantitative estimate of drug-likeness (QED) is 0.301. The second-order valence-corrected chi connectivity index (χ2v) is 8.21. The SMILES string of the molecule is CCOC(=O)[C@@H]1C(=O)NC(N2CCN(Cc3ccccc3)CC2)=N[C@H]1c1ccc([N+](=O)[O-])cc1. The van der Waals surface area contributed by atoms with Crippen molar-refractivity contribution >= 4 is 23.5 Å². The van der Waals surface area contributed by atoms with Crippen molar-refractivity contribution in [3.8, 4) is 0 Å². The summed E-state index contributed by atoms with van der Waals surface area (Å²) in [5.41, 5.74) is 1.71. The summed E-state index contributed by atoms with van der Waals surface area (Å²) in [6.45, 7) is 5.59. The number of carbonyl (C=O) groups excluding carboxylic acids is 2. The zero-order chi connectivity index (χ0) is 24.1. The Balaban J connectivity index is 1.53. The topological polar surface area (TPSA) is 117 Å². The fraction of sp³-hybridized carbons (Fsp3) is 0.375. The third-order valence-electron chi connectivity index (χ3n) is 6.00. The van der Waals surface area contributed by atoms with E-state index >= 15 is 0 Å². The summed E-state index contributed by atoms with van der Waals surface area (Å²) < 4.78 is 5.12. The number of nitrogens with one attached hydrogen (secondary N) is 1. The van der Waals surface area contributed by atoms with E-state index in [4.69, 9.17) is 9.73 Å². The molecule has 2 aromatic carbocycles. The fourth-order valence-corrected chi connectivity index (χ4v) is 4.22. The molecule has 2 aliphatic rings.